The van der Waals surface area contributed by atoms with Crippen molar-refractivity contribution in [1.82, 2.24) is 9.78 Å². The van der Waals surface area contributed by atoms with Crippen molar-refractivity contribution in [2.75, 3.05) is 5.32 Å². The van der Waals surface area contributed by atoms with Crippen LogP contribution in [-0.4, -0.2) is 15.7 Å². The summed E-state index contributed by atoms with van der Waals surface area (Å²) in [6, 6.07) is 18.5. The first-order valence-electron chi connectivity index (χ1n) is 9.63. The number of hydrogen-bond acceptors (Lipinski definition) is 3. The molecule has 0 bridgehead atoms. The minimum Gasteiger partial charge on any atom is -0.325 e. The predicted molar refractivity (Wildman–Crippen MR) is 115 cm³/mol. The quantitative estimate of drug-likeness (QED) is 0.527. The molecule has 0 aliphatic rings. The van der Waals surface area contributed by atoms with Crippen molar-refractivity contribution < 1.29 is 13.6 Å². The molecule has 156 valence electrons. The lowest BCUT2D eigenvalue weighted by atomic mass is 9.85. The Balaban J connectivity index is 1.92. The van der Waals surface area contributed by atoms with Crippen LogP contribution in [0.5, 0.6) is 0 Å². The van der Waals surface area contributed by atoms with Gasteiger partial charge in [-0.2, -0.15) is 9.78 Å². The number of hydrogen-bond donors (Lipinski definition) is 1. The molecule has 0 unspecified atom stereocenters. The van der Waals surface area contributed by atoms with E-state index in [0.717, 1.165) is 16.8 Å². The maximum absolute atomic E-state index is 14.5. The molecule has 4 rings (SSSR count). The number of anilines is 1. The van der Waals surface area contributed by atoms with E-state index < -0.39 is 22.6 Å². The van der Waals surface area contributed by atoms with E-state index in [4.69, 9.17) is 0 Å². The molecule has 0 spiro atoms. The van der Waals surface area contributed by atoms with Crippen molar-refractivity contribution in [3.05, 3.63) is 100 Å². The number of carbonyl (C=O) groups is 1. The van der Waals surface area contributed by atoms with E-state index in [1.165, 1.54) is 0 Å². The number of rotatable bonds is 4. The molecule has 0 atom stereocenters. The summed E-state index contributed by atoms with van der Waals surface area (Å²) in [4.78, 5) is 26.2. The van der Waals surface area contributed by atoms with Crippen LogP contribution in [0.2, 0.25) is 0 Å². The normalized spacial score (nSPS) is 11.5. The van der Waals surface area contributed by atoms with Crippen LogP contribution in [0.1, 0.15) is 19.5 Å². The summed E-state index contributed by atoms with van der Waals surface area (Å²) < 4.78 is 28.7. The zero-order valence-corrected chi connectivity index (χ0v) is 16.9. The van der Waals surface area contributed by atoms with Gasteiger partial charge in [-0.1, -0.05) is 36.4 Å². The number of aromatic nitrogens is 2. The molecule has 3 aromatic carbocycles. The van der Waals surface area contributed by atoms with Crippen LogP contribution < -0.4 is 10.9 Å². The standard InChI is InChI=1S/C24H19F2N3O2/c1-24(2,23(31)27-16-8-4-3-5-9-16)21-17-10-6-7-11-18(17)22(30)29(28-21)20-13-12-15(25)14-19(20)26/h3-14H,1-2H3,(H,27,31). The summed E-state index contributed by atoms with van der Waals surface area (Å²) in [6.45, 7) is 3.35. The van der Waals surface area contributed by atoms with Gasteiger partial charge in [0.15, 0.2) is 5.82 Å². The van der Waals surface area contributed by atoms with Crippen LogP contribution in [-0.2, 0) is 10.2 Å². The van der Waals surface area contributed by atoms with Crippen LogP contribution in [0, 0.1) is 11.6 Å². The van der Waals surface area contributed by atoms with Gasteiger partial charge in [-0.15, -0.1) is 0 Å². The molecule has 1 amide bonds. The van der Waals surface area contributed by atoms with Crippen molar-refractivity contribution in [2.24, 2.45) is 0 Å². The Bertz CT molecular complexity index is 1350. The van der Waals surface area contributed by atoms with Gasteiger partial charge in [0.1, 0.15) is 11.5 Å². The van der Waals surface area contributed by atoms with Crippen molar-refractivity contribution in [1.29, 1.82) is 0 Å². The molecule has 0 aliphatic heterocycles. The summed E-state index contributed by atoms with van der Waals surface area (Å²) in [5.74, 6) is -2.04. The smallest absolute Gasteiger partial charge is 0.279 e. The van der Waals surface area contributed by atoms with Gasteiger partial charge in [-0.3, -0.25) is 9.59 Å². The van der Waals surface area contributed by atoms with Gasteiger partial charge in [0, 0.05) is 17.1 Å². The van der Waals surface area contributed by atoms with Gasteiger partial charge < -0.3 is 5.32 Å². The molecule has 1 aromatic heterocycles. The molecular formula is C24H19F2N3O2. The summed E-state index contributed by atoms with van der Waals surface area (Å²) in [5.41, 5.74) is -1.04. The summed E-state index contributed by atoms with van der Waals surface area (Å²) in [7, 11) is 0. The number of nitrogens with one attached hydrogen (secondary N) is 1. The third-order valence-corrected chi connectivity index (χ3v) is 5.13. The second-order valence-electron chi connectivity index (χ2n) is 7.65. The topological polar surface area (TPSA) is 64.0 Å². The van der Waals surface area contributed by atoms with Gasteiger partial charge in [-0.25, -0.2) is 8.78 Å². The average molecular weight is 419 g/mol. The third kappa shape index (κ3) is 3.70. The van der Waals surface area contributed by atoms with Crippen LogP contribution in [0.15, 0.2) is 77.6 Å². The van der Waals surface area contributed by atoms with Gasteiger partial charge in [0.25, 0.3) is 5.56 Å². The molecule has 7 heteroatoms. The molecule has 0 aliphatic carbocycles. The Morgan fingerprint density at radius 2 is 1.58 bits per heavy atom. The second kappa shape index (κ2) is 7.75. The Morgan fingerprint density at radius 1 is 0.935 bits per heavy atom. The summed E-state index contributed by atoms with van der Waals surface area (Å²) in [5, 5.41) is 7.98. The highest BCUT2D eigenvalue weighted by molar-refractivity contribution is 6.01. The first-order chi connectivity index (χ1) is 14.8. The molecule has 0 saturated carbocycles. The molecule has 5 nitrogen and oxygen atoms in total. The number of fused-ring (bicyclic) bond motifs is 1. The first-order valence-corrected chi connectivity index (χ1v) is 9.63. The molecule has 0 radical (unpaired) electrons. The molecule has 31 heavy (non-hydrogen) atoms. The van der Waals surface area contributed by atoms with E-state index >= 15 is 0 Å². The van der Waals surface area contributed by atoms with E-state index in [9.17, 15) is 18.4 Å². The average Bonchev–Trinajstić information content (AvgIpc) is 2.75. The first kappa shape index (κ1) is 20.4. The number of nitrogens with zero attached hydrogens (tertiary/aromatic N) is 2. The van der Waals surface area contributed by atoms with Crippen molar-refractivity contribution in [3.8, 4) is 5.69 Å². The fourth-order valence-corrected chi connectivity index (χ4v) is 3.38. The number of para-hydroxylation sites is 1. The molecule has 0 fully saturated rings. The van der Waals surface area contributed by atoms with E-state index in [0.29, 0.717) is 22.8 Å². The van der Waals surface area contributed by atoms with Gasteiger partial charge >= 0.3 is 0 Å². The van der Waals surface area contributed by atoms with Crippen LogP contribution in [0.4, 0.5) is 14.5 Å². The lowest BCUT2D eigenvalue weighted by Gasteiger charge is -2.25. The number of amides is 1. The fourth-order valence-electron chi connectivity index (χ4n) is 3.38. The molecule has 1 heterocycles. The van der Waals surface area contributed by atoms with Gasteiger partial charge in [0.05, 0.1) is 16.5 Å². The van der Waals surface area contributed by atoms with E-state index in [2.05, 4.69) is 10.4 Å². The molecular weight excluding hydrogens is 400 g/mol. The number of halogens is 2. The number of carbonyl (C=O) groups excluding carboxylic acids is 1. The summed E-state index contributed by atoms with van der Waals surface area (Å²) >= 11 is 0. The van der Waals surface area contributed by atoms with Gasteiger partial charge in [0.2, 0.25) is 5.91 Å². The van der Waals surface area contributed by atoms with Crippen molar-refractivity contribution in [2.45, 2.75) is 19.3 Å². The van der Waals surface area contributed by atoms with Gasteiger partial charge in [-0.05, 0) is 44.2 Å². The Hall–Kier alpha value is -3.87. The Morgan fingerprint density at radius 3 is 2.26 bits per heavy atom. The largest absolute Gasteiger partial charge is 0.325 e. The van der Waals surface area contributed by atoms with E-state index in [1.54, 1.807) is 62.4 Å². The highest BCUT2D eigenvalue weighted by Crippen LogP contribution is 2.29. The zero-order chi connectivity index (χ0) is 22.2. The van der Waals surface area contributed by atoms with Crippen LogP contribution >= 0.6 is 0 Å². The highest BCUT2D eigenvalue weighted by Gasteiger charge is 2.34. The summed E-state index contributed by atoms with van der Waals surface area (Å²) in [6.07, 6.45) is 0. The Labute approximate surface area is 177 Å². The number of benzene rings is 3. The monoisotopic (exact) mass is 419 g/mol. The minimum atomic E-state index is -1.18. The minimum absolute atomic E-state index is 0.197. The highest BCUT2D eigenvalue weighted by atomic mass is 19.1. The van der Waals surface area contributed by atoms with E-state index in [1.807, 2.05) is 6.07 Å². The van der Waals surface area contributed by atoms with Crippen molar-refractivity contribution in [3.63, 3.8) is 0 Å². The maximum atomic E-state index is 14.5. The van der Waals surface area contributed by atoms with Crippen molar-refractivity contribution >= 4 is 22.4 Å². The second-order valence-corrected chi connectivity index (χ2v) is 7.65. The zero-order valence-electron chi connectivity index (χ0n) is 16.9. The maximum Gasteiger partial charge on any atom is 0.279 e. The lowest BCUT2D eigenvalue weighted by molar-refractivity contribution is -0.120. The lowest BCUT2D eigenvalue weighted by Crippen LogP contribution is -2.38. The Kier molecular flexibility index (Phi) is 5.10. The van der Waals surface area contributed by atoms with E-state index in [-0.39, 0.29) is 17.0 Å². The molecule has 1 N–H and O–H groups in total. The third-order valence-electron chi connectivity index (χ3n) is 5.13. The van der Waals surface area contributed by atoms with Crippen LogP contribution in [0.3, 0.4) is 0 Å². The predicted octanol–water partition coefficient (Wildman–Crippen LogP) is 4.58. The SMILES string of the molecule is CC(C)(C(=O)Nc1ccccc1)c1nn(-c2ccc(F)cc2F)c(=O)c2ccccc12. The molecule has 4 aromatic rings. The fraction of sp³-hybridized carbons (Fsp3) is 0.125. The molecule has 0 saturated heterocycles. The van der Waals surface area contributed by atoms with Crippen LogP contribution in [0.25, 0.3) is 16.5 Å².